The molecule has 0 unspecified atom stereocenters. The average Bonchev–Trinajstić information content (AvgIpc) is 2.79. The first kappa shape index (κ1) is 12.0. The lowest BCUT2D eigenvalue weighted by Crippen LogP contribution is -2.36. The normalized spacial score (nSPS) is 15.9. The van der Waals surface area contributed by atoms with Crippen molar-refractivity contribution in [3.63, 3.8) is 0 Å². The molecule has 1 aliphatic rings. The minimum absolute atomic E-state index is 0.178. The van der Waals surface area contributed by atoms with Crippen LogP contribution in [-0.4, -0.2) is 33.9 Å². The molecule has 0 saturated carbocycles. The van der Waals surface area contributed by atoms with E-state index in [-0.39, 0.29) is 11.6 Å². The zero-order valence-electron chi connectivity index (χ0n) is 10.7. The van der Waals surface area contributed by atoms with E-state index in [1.807, 2.05) is 23.1 Å². The van der Waals surface area contributed by atoms with Crippen molar-refractivity contribution in [1.82, 2.24) is 14.9 Å². The van der Waals surface area contributed by atoms with Crippen LogP contribution in [0.15, 0.2) is 23.0 Å². The molecule has 5 nitrogen and oxygen atoms in total. The Morgan fingerprint density at radius 2 is 1.84 bits per heavy atom. The predicted molar refractivity (Wildman–Crippen MR) is 73.1 cm³/mol. The van der Waals surface area contributed by atoms with E-state index >= 15 is 0 Å². The fourth-order valence-electron chi connectivity index (χ4n) is 2.62. The summed E-state index contributed by atoms with van der Waals surface area (Å²) >= 11 is 0. The van der Waals surface area contributed by atoms with Gasteiger partial charge in [-0.1, -0.05) is 6.07 Å². The van der Waals surface area contributed by atoms with Gasteiger partial charge in [0.25, 0.3) is 0 Å². The minimum atomic E-state index is -0.213. The van der Waals surface area contributed by atoms with Crippen LogP contribution in [0.3, 0.4) is 0 Å². The molecule has 0 spiro atoms. The number of benzene rings is 1. The van der Waals surface area contributed by atoms with Crippen LogP contribution in [0.4, 0.5) is 0 Å². The largest absolute Gasteiger partial charge is 0.342 e. The molecule has 1 fully saturated rings. The van der Waals surface area contributed by atoms with E-state index in [9.17, 15) is 9.59 Å². The summed E-state index contributed by atoms with van der Waals surface area (Å²) in [6.45, 7) is 1.75. The highest BCUT2D eigenvalue weighted by atomic mass is 16.2. The van der Waals surface area contributed by atoms with Gasteiger partial charge in [0.15, 0.2) is 0 Å². The fourth-order valence-corrected chi connectivity index (χ4v) is 2.62. The van der Waals surface area contributed by atoms with E-state index in [1.165, 1.54) is 6.42 Å². The Labute approximate surface area is 110 Å². The zero-order valence-corrected chi connectivity index (χ0v) is 10.7. The highest BCUT2D eigenvalue weighted by molar-refractivity contribution is 5.81. The number of nitrogens with zero attached hydrogens (tertiary/aromatic N) is 1. The first-order chi connectivity index (χ1) is 9.22. The van der Waals surface area contributed by atoms with Crippen molar-refractivity contribution in [3.8, 4) is 0 Å². The quantitative estimate of drug-likeness (QED) is 0.856. The number of hydrogen-bond acceptors (Lipinski definition) is 2. The first-order valence-corrected chi connectivity index (χ1v) is 6.71. The zero-order chi connectivity index (χ0) is 13.2. The van der Waals surface area contributed by atoms with Crippen LogP contribution in [0.5, 0.6) is 0 Å². The van der Waals surface area contributed by atoms with Gasteiger partial charge >= 0.3 is 5.69 Å². The van der Waals surface area contributed by atoms with E-state index < -0.39 is 0 Å². The summed E-state index contributed by atoms with van der Waals surface area (Å²) in [4.78, 5) is 30.7. The van der Waals surface area contributed by atoms with Crippen molar-refractivity contribution in [2.75, 3.05) is 13.1 Å². The average molecular weight is 259 g/mol. The van der Waals surface area contributed by atoms with Crippen LogP contribution in [0.2, 0.25) is 0 Å². The van der Waals surface area contributed by atoms with Crippen molar-refractivity contribution in [3.05, 3.63) is 34.2 Å². The van der Waals surface area contributed by atoms with Crippen LogP contribution < -0.4 is 5.69 Å². The van der Waals surface area contributed by atoms with Gasteiger partial charge in [-0.15, -0.1) is 0 Å². The summed E-state index contributed by atoms with van der Waals surface area (Å²) in [6.07, 6.45) is 3.84. The number of likely N-dealkylation sites (tertiary alicyclic amines) is 1. The van der Waals surface area contributed by atoms with Crippen LogP contribution in [-0.2, 0) is 11.2 Å². The number of rotatable bonds is 2. The monoisotopic (exact) mass is 259 g/mol. The lowest BCUT2D eigenvalue weighted by Gasteiger charge is -2.26. The molecule has 2 N–H and O–H groups in total. The number of carbonyl (C=O) groups excluding carboxylic acids is 1. The Balaban J connectivity index is 1.76. The maximum absolute atomic E-state index is 12.2. The summed E-state index contributed by atoms with van der Waals surface area (Å²) in [7, 11) is 0. The van der Waals surface area contributed by atoms with Gasteiger partial charge in [-0.3, -0.25) is 4.79 Å². The molecule has 2 aromatic rings. The molecule has 0 bridgehead atoms. The topological polar surface area (TPSA) is 69.0 Å². The lowest BCUT2D eigenvalue weighted by atomic mass is 10.1. The van der Waals surface area contributed by atoms with Gasteiger partial charge in [0.2, 0.25) is 5.91 Å². The molecule has 0 atom stereocenters. The summed E-state index contributed by atoms with van der Waals surface area (Å²) in [5, 5.41) is 0. The molecule has 1 aliphatic heterocycles. The summed E-state index contributed by atoms with van der Waals surface area (Å²) < 4.78 is 0. The Bertz CT molecular complexity index is 650. The van der Waals surface area contributed by atoms with E-state index in [4.69, 9.17) is 0 Å². The van der Waals surface area contributed by atoms with Gasteiger partial charge in [0, 0.05) is 13.1 Å². The Hall–Kier alpha value is -2.04. The fraction of sp³-hybridized carbons (Fsp3) is 0.429. The summed E-state index contributed by atoms with van der Waals surface area (Å²) in [5.74, 6) is 0.178. The second kappa shape index (κ2) is 4.91. The number of imidazole rings is 1. The number of fused-ring (bicyclic) bond motifs is 1. The molecule has 1 saturated heterocycles. The molecule has 100 valence electrons. The molecule has 0 aliphatic carbocycles. The van der Waals surface area contributed by atoms with E-state index in [0.717, 1.165) is 42.5 Å². The van der Waals surface area contributed by atoms with Crippen molar-refractivity contribution >= 4 is 16.9 Å². The standard InChI is InChI=1S/C14H17N3O2/c18-13(17-6-2-1-3-7-17)9-10-4-5-11-12(8-10)16-14(19)15-11/h4-5,8H,1-3,6-7,9H2,(H2,15,16,19). The van der Waals surface area contributed by atoms with Gasteiger partial charge in [0.05, 0.1) is 17.5 Å². The number of amides is 1. The van der Waals surface area contributed by atoms with Crippen LogP contribution in [0.1, 0.15) is 24.8 Å². The van der Waals surface area contributed by atoms with Gasteiger partial charge in [-0.05, 0) is 37.0 Å². The van der Waals surface area contributed by atoms with Gasteiger partial charge in [-0.25, -0.2) is 4.79 Å². The van der Waals surface area contributed by atoms with E-state index in [2.05, 4.69) is 9.97 Å². The molecule has 1 aromatic carbocycles. The number of nitrogens with one attached hydrogen (secondary N) is 2. The van der Waals surface area contributed by atoms with Crippen LogP contribution in [0, 0.1) is 0 Å². The summed E-state index contributed by atoms with van der Waals surface area (Å²) in [5.41, 5.74) is 2.26. The van der Waals surface area contributed by atoms with E-state index in [0.29, 0.717) is 6.42 Å². The number of aromatic nitrogens is 2. The SMILES string of the molecule is O=C(Cc1ccc2[nH]c(=O)[nH]c2c1)N1CCCCC1. The number of H-pyrrole nitrogens is 2. The summed E-state index contributed by atoms with van der Waals surface area (Å²) in [6, 6.07) is 5.61. The molecular formula is C14H17N3O2. The van der Waals surface area contributed by atoms with Crippen molar-refractivity contribution in [2.24, 2.45) is 0 Å². The molecule has 0 radical (unpaired) electrons. The van der Waals surface area contributed by atoms with Gasteiger partial charge < -0.3 is 14.9 Å². The third kappa shape index (κ3) is 2.54. The third-order valence-corrected chi connectivity index (χ3v) is 3.64. The van der Waals surface area contributed by atoms with Crippen molar-refractivity contribution in [2.45, 2.75) is 25.7 Å². The number of carbonyl (C=O) groups is 1. The van der Waals surface area contributed by atoms with Gasteiger partial charge in [0.1, 0.15) is 0 Å². The number of piperidine rings is 1. The number of aromatic amines is 2. The number of hydrogen-bond donors (Lipinski definition) is 2. The smallest absolute Gasteiger partial charge is 0.323 e. The van der Waals surface area contributed by atoms with Crippen LogP contribution >= 0.6 is 0 Å². The van der Waals surface area contributed by atoms with Gasteiger partial charge in [-0.2, -0.15) is 0 Å². The maximum atomic E-state index is 12.2. The Morgan fingerprint density at radius 3 is 2.63 bits per heavy atom. The highest BCUT2D eigenvalue weighted by Crippen LogP contribution is 2.14. The second-order valence-electron chi connectivity index (χ2n) is 5.08. The van der Waals surface area contributed by atoms with E-state index in [1.54, 1.807) is 0 Å². The Morgan fingerprint density at radius 1 is 1.11 bits per heavy atom. The minimum Gasteiger partial charge on any atom is -0.342 e. The molecule has 19 heavy (non-hydrogen) atoms. The predicted octanol–water partition coefficient (Wildman–Crippen LogP) is 1.41. The molecule has 3 rings (SSSR count). The molecule has 2 heterocycles. The lowest BCUT2D eigenvalue weighted by molar-refractivity contribution is -0.131. The molecular weight excluding hydrogens is 242 g/mol. The van der Waals surface area contributed by atoms with Crippen LogP contribution in [0.25, 0.3) is 11.0 Å². The molecule has 5 heteroatoms. The second-order valence-corrected chi connectivity index (χ2v) is 5.08. The maximum Gasteiger partial charge on any atom is 0.323 e. The third-order valence-electron chi connectivity index (χ3n) is 3.64. The van der Waals surface area contributed by atoms with Crippen molar-refractivity contribution < 1.29 is 4.79 Å². The molecule has 1 amide bonds. The van der Waals surface area contributed by atoms with Crippen molar-refractivity contribution in [1.29, 1.82) is 0 Å². The Kier molecular flexibility index (Phi) is 3.11. The highest BCUT2D eigenvalue weighted by Gasteiger charge is 2.16. The first-order valence-electron chi connectivity index (χ1n) is 6.71. The molecule has 1 aromatic heterocycles.